The van der Waals surface area contributed by atoms with E-state index in [2.05, 4.69) is 4.84 Å². The van der Waals surface area contributed by atoms with E-state index in [1.807, 2.05) is 19.3 Å². The number of amides is 1. The molecule has 0 aromatic heterocycles. The molecule has 4 N–H and O–H groups in total. The minimum absolute atomic E-state index is 0.301. The summed E-state index contributed by atoms with van der Waals surface area (Å²) in [6.07, 6.45) is 0.530. The minimum Gasteiger partial charge on any atom is -0.479 e. The summed E-state index contributed by atoms with van der Waals surface area (Å²) in [6.45, 7) is 3.30. The summed E-state index contributed by atoms with van der Waals surface area (Å²) in [5.41, 5.74) is 7.47. The normalized spacial score (nSPS) is 12.6. The van der Waals surface area contributed by atoms with Gasteiger partial charge in [0.05, 0.1) is 6.04 Å². The van der Waals surface area contributed by atoms with Crippen LogP contribution in [-0.2, 0) is 14.4 Å². The molecule has 0 aliphatic heterocycles. The predicted molar refractivity (Wildman–Crippen MR) is 49.2 cm³/mol. The number of carbonyl (C=O) groups excluding carboxylic acids is 1. The van der Waals surface area contributed by atoms with Crippen LogP contribution in [0.25, 0.3) is 0 Å². The van der Waals surface area contributed by atoms with Crippen molar-refractivity contribution in [3.8, 4) is 0 Å². The lowest BCUT2D eigenvalue weighted by Crippen LogP contribution is -2.41. The van der Waals surface area contributed by atoms with Crippen molar-refractivity contribution >= 4 is 11.9 Å². The Labute approximate surface area is 82.4 Å². The SMILES string of the molecule is CC(C)C[C@H](N)C(=O)NOCC(=O)O. The second-order valence-corrected chi connectivity index (χ2v) is 3.38. The Morgan fingerprint density at radius 1 is 1.50 bits per heavy atom. The van der Waals surface area contributed by atoms with Crippen molar-refractivity contribution in [2.45, 2.75) is 26.3 Å². The monoisotopic (exact) mass is 204 g/mol. The maximum Gasteiger partial charge on any atom is 0.332 e. The van der Waals surface area contributed by atoms with Gasteiger partial charge in [-0.15, -0.1) is 0 Å². The van der Waals surface area contributed by atoms with Gasteiger partial charge in [-0.1, -0.05) is 13.8 Å². The van der Waals surface area contributed by atoms with Gasteiger partial charge in [-0.25, -0.2) is 10.3 Å². The number of nitrogens with one attached hydrogen (secondary N) is 1. The number of nitrogens with two attached hydrogens (primary N) is 1. The average molecular weight is 204 g/mol. The van der Waals surface area contributed by atoms with Crippen molar-refractivity contribution in [1.29, 1.82) is 0 Å². The number of carboxylic acid groups (broad SMARTS) is 1. The summed E-state index contributed by atoms with van der Waals surface area (Å²) >= 11 is 0. The Balaban J connectivity index is 3.67. The number of rotatable bonds is 6. The van der Waals surface area contributed by atoms with Gasteiger partial charge in [0.25, 0.3) is 5.91 Å². The van der Waals surface area contributed by atoms with Crippen LogP contribution in [0.15, 0.2) is 0 Å². The van der Waals surface area contributed by atoms with Crippen LogP contribution < -0.4 is 11.2 Å². The lowest BCUT2D eigenvalue weighted by molar-refractivity contribution is -0.149. The molecule has 1 atom stereocenters. The van der Waals surface area contributed by atoms with Gasteiger partial charge >= 0.3 is 5.97 Å². The van der Waals surface area contributed by atoms with E-state index in [1.54, 1.807) is 0 Å². The number of hydrogen-bond donors (Lipinski definition) is 3. The average Bonchev–Trinajstić information content (AvgIpc) is 2.01. The summed E-state index contributed by atoms with van der Waals surface area (Å²) in [4.78, 5) is 25.5. The molecular weight excluding hydrogens is 188 g/mol. The molecule has 0 aliphatic carbocycles. The zero-order chi connectivity index (χ0) is 11.1. The molecule has 0 rings (SSSR count). The molecule has 0 spiro atoms. The quantitative estimate of drug-likeness (QED) is 0.506. The summed E-state index contributed by atoms with van der Waals surface area (Å²) < 4.78 is 0. The first-order valence-electron chi connectivity index (χ1n) is 4.32. The molecule has 82 valence electrons. The third-order valence-electron chi connectivity index (χ3n) is 1.43. The number of carbonyl (C=O) groups is 2. The van der Waals surface area contributed by atoms with E-state index in [0.29, 0.717) is 12.3 Å². The summed E-state index contributed by atoms with van der Waals surface area (Å²) in [6, 6.07) is -0.663. The number of carboxylic acids is 1. The minimum atomic E-state index is -1.15. The van der Waals surface area contributed by atoms with E-state index in [4.69, 9.17) is 10.8 Å². The highest BCUT2D eigenvalue weighted by atomic mass is 16.7. The Morgan fingerprint density at radius 3 is 2.50 bits per heavy atom. The van der Waals surface area contributed by atoms with Crippen molar-refractivity contribution in [2.75, 3.05) is 6.61 Å². The highest BCUT2D eigenvalue weighted by Crippen LogP contribution is 2.02. The highest BCUT2D eigenvalue weighted by molar-refractivity contribution is 5.80. The molecular formula is C8H16N2O4. The Hall–Kier alpha value is -1.14. The molecule has 0 saturated heterocycles. The summed E-state index contributed by atoms with van der Waals surface area (Å²) in [7, 11) is 0. The Bertz CT molecular complexity index is 206. The molecule has 0 bridgehead atoms. The van der Waals surface area contributed by atoms with Gasteiger partial charge in [-0.3, -0.25) is 9.63 Å². The maximum atomic E-state index is 11.1. The molecule has 0 aromatic carbocycles. The fraction of sp³-hybridized carbons (Fsp3) is 0.750. The van der Waals surface area contributed by atoms with Crippen LogP contribution in [0.5, 0.6) is 0 Å². The third-order valence-corrected chi connectivity index (χ3v) is 1.43. The molecule has 6 nitrogen and oxygen atoms in total. The topological polar surface area (TPSA) is 102 Å². The number of hydrogen-bond acceptors (Lipinski definition) is 4. The van der Waals surface area contributed by atoms with Crippen LogP contribution in [0.1, 0.15) is 20.3 Å². The van der Waals surface area contributed by atoms with E-state index in [9.17, 15) is 9.59 Å². The maximum absolute atomic E-state index is 11.1. The Kier molecular flexibility index (Phi) is 5.82. The lowest BCUT2D eigenvalue weighted by Gasteiger charge is -2.13. The van der Waals surface area contributed by atoms with Gasteiger partial charge in [0.15, 0.2) is 6.61 Å². The van der Waals surface area contributed by atoms with Crippen LogP contribution in [-0.4, -0.2) is 29.6 Å². The second-order valence-electron chi connectivity index (χ2n) is 3.38. The van der Waals surface area contributed by atoms with E-state index >= 15 is 0 Å². The first-order valence-corrected chi connectivity index (χ1v) is 4.32. The van der Waals surface area contributed by atoms with Crippen LogP contribution in [0.3, 0.4) is 0 Å². The van der Waals surface area contributed by atoms with Crippen molar-refractivity contribution in [3.05, 3.63) is 0 Å². The molecule has 0 aromatic rings. The fourth-order valence-corrected chi connectivity index (χ4v) is 0.860. The zero-order valence-electron chi connectivity index (χ0n) is 8.32. The molecule has 0 fully saturated rings. The van der Waals surface area contributed by atoms with Gasteiger partial charge < -0.3 is 10.8 Å². The van der Waals surface area contributed by atoms with Gasteiger partial charge in [0, 0.05) is 0 Å². The predicted octanol–water partition coefficient (Wildman–Crippen LogP) is -0.508. The largest absolute Gasteiger partial charge is 0.479 e. The summed E-state index contributed by atoms with van der Waals surface area (Å²) in [5.74, 6) is -1.35. The van der Waals surface area contributed by atoms with Crippen LogP contribution >= 0.6 is 0 Å². The van der Waals surface area contributed by atoms with E-state index in [0.717, 1.165) is 0 Å². The molecule has 0 saturated carbocycles. The summed E-state index contributed by atoms with van der Waals surface area (Å²) in [5, 5.41) is 8.20. The molecule has 0 aliphatic rings. The molecule has 0 unspecified atom stereocenters. The van der Waals surface area contributed by atoms with E-state index in [-0.39, 0.29) is 0 Å². The van der Waals surface area contributed by atoms with Crippen LogP contribution in [0, 0.1) is 5.92 Å². The van der Waals surface area contributed by atoms with Gasteiger partial charge in [-0.2, -0.15) is 0 Å². The first kappa shape index (κ1) is 12.9. The van der Waals surface area contributed by atoms with Crippen LogP contribution in [0.4, 0.5) is 0 Å². The third kappa shape index (κ3) is 6.38. The second kappa shape index (κ2) is 6.33. The smallest absolute Gasteiger partial charge is 0.332 e. The van der Waals surface area contributed by atoms with Crippen molar-refractivity contribution in [2.24, 2.45) is 11.7 Å². The van der Waals surface area contributed by atoms with Crippen molar-refractivity contribution < 1.29 is 19.5 Å². The first-order chi connectivity index (χ1) is 6.43. The molecule has 0 heterocycles. The molecule has 6 heteroatoms. The molecule has 1 amide bonds. The van der Waals surface area contributed by atoms with Crippen molar-refractivity contribution in [1.82, 2.24) is 5.48 Å². The van der Waals surface area contributed by atoms with Gasteiger partial charge in [0.1, 0.15) is 0 Å². The lowest BCUT2D eigenvalue weighted by atomic mass is 10.0. The van der Waals surface area contributed by atoms with Gasteiger partial charge in [0.2, 0.25) is 0 Å². The molecule has 14 heavy (non-hydrogen) atoms. The van der Waals surface area contributed by atoms with Crippen molar-refractivity contribution in [3.63, 3.8) is 0 Å². The fourth-order valence-electron chi connectivity index (χ4n) is 0.860. The zero-order valence-corrected chi connectivity index (χ0v) is 8.32. The number of hydroxylamine groups is 1. The Morgan fingerprint density at radius 2 is 2.07 bits per heavy atom. The van der Waals surface area contributed by atoms with E-state index < -0.39 is 24.5 Å². The van der Waals surface area contributed by atoms with E-state index in [1.165, 1.54) is 0 Å². The van der Waals surface area contributed by atoms with Gasteiger partial charge in [-0.05, 0) is 12.3 Å². The highest BCUT2D eigenvalue weighted by Gasteiger charge is 2.14. The standard InChI is InChI=1S/C8H16N2O4/c1-5(2)3-6(9)8(13)10-14-4-7(11)12/h5-6H,3-4,9H2,1-2H3,(H,10,13)(H,11,12)/t6-/m0/s1. The molecule has 0 radical (unpaired) electrons. The number of aliphatic carboxylic acids is 1. The van der Waals surface area contributed by atoms with Crippen LogP contribution in [0.2, 0.25) is 0 Å².